The van der Waals surface area contributed by atoms with Crippen LogP contribution in [0.15, 0.2) is 30.3 Å². The summed E-state index contributed by atoms with van der Waals surface area (Å²) in [5, 5.41) is 9.99. The quantitative estimate of drug-likeness (QED) is 0.874. The number of aromatic nitrogens is 1. The van der Waals surface area contributed by atoms with Gasteiger partial charge in [0.2, 0.25) is 0 Å². The van der Waals surface area contributed by atoms with Crippen LogP contribution in [0, 0.1) is 0 Å². The molecular weight excluding hydrogens is 254 g/mol. The van der Waals surface area contributed by atoms with Crippen molar-refractivity contribution in [3.8, 4) is 0 Å². The van der Waals surface area contributed by atoms with Crippen molar-refractivity contribution >= 4 is 16.8 Å². The fourth-order valence-corrected chi connectivity index (χ4v) is 2.67. The molecule has 0 saturated carbocycles. The molecule has 5 nitrogen and oxygen atoms in total. The topological polar surface area (TPSA) is 59.6 Å². The van der Waals surface area contributed by atoms with Gasteiger partial charge in [0.1, 0.15) is 5.69 Å². The molecule has 2 heterocycles. The van der Waals surface area contributed by atoms with E-state index in [9.17, 15) is 4.79 Å². The molecule has 1 aliphatic rings. The second-order valence-corrected chi connectivity index (χ2v) is 5.13. The van der Waals surface area contributed by atoms with Crippen molar-refractivity contribution in [1.29, 1.82) is 0 Å². The highest BCUT2D eigenvalue weighted by atomic mass is 16.3. The van der Waals surface area contributed by atoms with E-state index in [1.807, 2.05) is 35.2 Å². The molecule has 1 saturated heterocycles. The lowest BCUT2D eigenvalue weighted by Gasteiger charge is -2.34. The van der Waals surface area contributed by atoms with E-state index in [1.54, 1.807) is 0 Å². The zero-order valence-corrected chi connectivity index (χ0v) is 11.4. The number of hydrogen-bond acceptors (Lipinski definition) is 3. The number of carbonyl (C=O) groups is 1. The highest BCUT2D eigenvalue weighted by Crippen LogP contribution is 2.16. The van der Waals surface area contributed by atoms with Crippen molar-refractivity contribution in [2.75, 3.05) is 39.3 Å². The predicted octanol–water partition coefficient (Wildman–Crippen LogP) is 0.918. The summed E-state index contributed by atoms with van der Waals surface area (Å²) in [6, 6.07) is 9.82. The molecule has 0 spiro atoms. The summed E-state index contributed by atoms with van der Waals surface area (Å²) in [5.41, 5.74) is 1.65. The van der Waals surface area contributed by atoms with Gasteiger partial charge in [-0.2, -0.15) is 0 Å². The number of fused-ring (bicyclic) bond motifs is 1. The van der Waals surface area contributed by atoms with E-state index in [4.69, 9.17) is 5.11 Å². The minimum atomic E-state index is 0.0600. The minimum Gasteiger partial charge on any atom is -0.395 e. The number of aromatic amines is 1. The Labute approximate surface area is 117 Å². The maximum absolute atomic E-state index is 12.5. The molecule has 106 valence electrons. The Kier molecular flexibility index (Phi) is 3.71. The van der Waals surface area contributed by atoms with Gasteiger partial charge in [-0.05, 0) is 12.1 Å². The van der Waals surface area contributed by atoms with Crippen molar-refractivity contribution < 1.29 is 9.90 Å². The number of para-hydroxylation sites is 1. The molecule has 0 aliphatic carbocycles. The van der Waals surface area contributed by atoms with E-state index >= 15 is 0 Å². The monoisotopic (exact) mass is 273 g/mol. The molecule has 1 aliphatic heterocycles. The van der Waals surface area contributed by atoms with Crippen LogP contribution < -0.4 is 0 Å². The number of aliphatic hydroxyl groups is 1. The van der Waals surface area contributed by atoms with E-state index in [-0.39, 0.29) is 12.5 Å². The van der Waals surface area contributed by atoms with Gasteiger partial charge < -0.3 is 15.0 Å². The lowest BCUT2D eigenvalue weighted by atomic mass is 10.2. The molecule has 1 aromatic heterocycles. The number of benzene rings is 1. The molecule has 20 heavy (non-hydrogen) atoms. The number of nitrogens with zero attached hydrogens (tertiary/aromatic N) is 2. The van der Waals surface area contributed by atoms with E-state index in [0.29, 0.717) is 25.3 Å². The number of nitrogens with one attached hydrogen (secondary N) is 1. The van der Waals surface area contributed by atoms with Crippen molar-refractivity contribution in [2.45, 2.75) is 0 Å². The van der Waals surface area contributed by atoms with Crippen molar-refractivity contribution in [1.82, 2.24) is 14.8 Å². The van der Waals surface area contributed by atoms with E-state index < -0.39 is 0 Å². The van der Waals surface area contributed by atoms with Gasteiger partial charge in [-0.3, -0.25) is 9.69 Å². The third-order valence-electron chi connectivity index (χ3n) is 3.84. The largest absolute Gasteiger partial charge is 0.395 e. The van der Waals surface area contributed by atoms with Crippen LogP contribution in [0.3, 0.4) is 0 Å². The Bertz CT molecular complexity index is 567. The first-order chi connectivity index (χ1) is 9.78. The SMILES string of the molecule is O=C(c1cc2ccccc2[nH]1)N1CCN(CCO)CC1. The van der Waals surface area contributed by atoms with Gasteiger partial charge in [-0.25, -0.2) is 0 Å². The summed E-state index contributed by atoms with van der Waals surface area (Å²) in [7, 11) is 0. The van der Waals surface area contributed by atoms with Gasteiger partial charge in [0.15, 0.2) is 0 Å². The molecule has 2 N–H and O–H groups in total. The van der Waals surface area contributed by atoms with E-state index in [2.05, 4.69) is 9.88 Å². The van der Waals surface area contributed by atoms with Crippen LogP contribution in [0.25, 0.3) is 10.9 Å². The zero-order valence-electron chi connectivity index (χ0n) is 11.4. The highest BCUT2D eigenvalue weighted by Gasteiger charge is 2.22. The second kappa shape index (κ2) is 5.64. The van der Waals surface area contributed by atoms with Gasteiger partial charge in [0.05, 0.1) is 6.61 Å². The normalized spacial score (nSPS) is 16.8. The smallest absolute Gasteiger partial charge is 0.270 e. The number of amides is 1. The molecule has 0 unspecified atom stereocenters. The maximum Gasteiger partial charge on any atom is 0.270 e. The second-order valence-electron chi connectivity index (χ2n) is 5.13. The van der Waals surface area contributed by atoms with Gasteiger partial charge in [-0.1, -0.05) is 18.2 Å². The Balaban J connectivity index is 1.70. The Hall–Kier alpha value is -1.85. The van der Waals surface area contributed by atoms with E-state index in [1.165, 1.54) is 0 Å². The first-order valence-corrected chi connectivity index (χ1v) is 6.98. The average molecular weight is 273 g/mol. The predicted molar refractivity (Wildman–Crippen MR) is 77.7 cm³/mol. The fraction of sp³-hybridized carbons (Fsp3) is 0.400. The van der Waals surface area contributed by atoms with Crippen LogP contribution in [0.2, 0.25) is 0 Å². The highest BCUT2D eigenvalue weighted by molar-refractivity contribution is 5.98. The van der Waals surface area contributed by atoms with Crippen LogP contribution in [-0.4, -0.2) is 65.1 Å². The first-order valence-electron chi connectivity index (χ1n) is 6.98. The Morgan fingerprint density at radius 2 is 1.95 bits per heavy atom. The number of hydrogen-bond donors (Lipinski definition) is 2. The van der Waals surface area contributed by atoms with Crippen LogP contribution in [0.1, 0.15) is 10.5 Å². The molecule has 0 atom stereocenters. The van der Waals surface area contributed by atoms with Crippen LogP contribution in [0.4, 0.5) is 0 Å². The summed E-state index contributed by atoms with van der Waals surface area (Å²) in [4.78, 5) is 19.7. The molecule has 5 heteroatoms. The fourth-order valence-electron chi connectivity index (χ4n) is 2.67. The standard InChI is InChI=1S/C15H19N3O2/c19-10-9-17-5-7-18(8-6-17)15(20)14-11-12-3-1-2-4-13(12)16-14/h1-4,11,16,19H,5-10H2. The van der Waals surface area contributed by atoms with Crippen LogP contribution in [-0.2, 0) is 0 Å². The molecule has 1 aromatic carbocycles. The van der Waals surface area contributed by atoms with Gasteiger partial charge in [-0.15, -0.1) is 0 Å². The average Bonchev–Trinajstić information content (AvgIpc) is 2.91. The lowest BCUT2D eigenvalue weighted by molar-refractivity contribution is 0.0610. The third-order valence-corrected chi connectivity index (χ3v) is 3.84. The number of piperazine rings is 1. The first kappa shape index (κ1) is 13.1. The van der Waals surface area contributed by atoms with Gasteiger partial charge in [0, 0.05) is 43.6 Å². The molecule has 2 aromatic rings. The van der Waals surface area contributed by atoms with Gasteiger partial charge >= 0.3 is 0 Å². The molecule has 1 amide bonds. The Morgan fingerprint density at radius 1 is 1.20 bits per heavy atom. The van der Waals surface area contributed by atoms with Gasteiger partial charge in [0.25, 0.3) is 5.91 Å². The van der Waals surface area contributed by atoms with Crippen molar-refractivity contribution in [2.24, 2.45) is 0 Å². The van der Waals surface area contributed by atoms with Crippen molar-refractivity contribution in [3.05, 3.63) is 36.0 Å². The number of carbonyl (C=O) groups excluding carboxylic acids is 1. The summed E-state index contributed by atoms with van der Waals surface area (Å²) in [6.45, 7) is 3.95. The number of β-amino-alcohol motifs (C(OH)–C–C–N with tert-alkyl or cyclic N) is 1. The third kappa shape index (κ3) is 2.55. The summed E-state index contributed by atoms with van der Waals surface area (Å²) < 4.78 is 0. The number of H-pyrrole nitrogens is 1. The minimum absolute atomic E-state index is 0.0600. The molecular formula is C15H19N3O2. The summed E-state index contributed by atoms with van der Waals surface area (Å²) >= 11 is 0. The molecule has 0 radical (unpaired) electrons. The zero-order chi connectivity index (χ0) is 13.9. The number of aliphatic hydroxyl groups excluding tert-OH is 1. The molecule has 3 rings (SSSR count). The van der Waals surface area contributed by atoms with Crippen molar-refractivity contribution in [3.63, 3.8) is 0 Å². The molecule has 0 bridgehead atoms. The molecule has 1 fully saturated rings. The maximum atomic E-state index is 12.5. The van der Waals surface area contributed by atoms with Crippen LogP contribution in [0.5, 0.6) is 0 Å². The lowest BCUT2D eigenvalue weighted by Crippen LogP contribution is -2.49. The number of rotatable bonds is 3. The Morgan fingerprint density at radius 3 is 2.65 bits per heavy atom. The summed E-state index contributed by atoms with van der Waals surface area (Å²) in [5.74, 6) is 0.0600. The summed E-state index contributed by atoms with van der Waals surface area (Å²) in [6.07, 6.45) is 0. The van der Waals surface area contributed by atoms with E-state index in [0.717, 1.165) is 24.0 Å². The van der Waals surface area contributed by atoms with Crippen LogP contribution >= 0.6 is 0 Å².